The number of likely N-dealkylation sites (tertiary alicyclic amines) is 1. The minimum Gasteiger partial charge on any atom is -0.446 e. The number of nitrogens with zero attached hydrogens (tertiary/aromatic N) is 1. The highest BCUT2D eigenvalue weighted by Gasteiger charge is 2.51. The first-order valence-corrected chi connectivity index (χ1v) is 10.4. The van der Waals surface area contributed by atoms with Crippen molar-refractivity contribution in [3.05, 3.63) is 35.9 Å². The molecule has 2 aliphatic carbocycles. The summed E-state index contributed by atoms with van der Waals surface area (Å²) in [6.45, 7) is 1.50. The number of imide groups is 1. The van der Waals surface area contributed by atoms with Crippen LogP contribution in [0.4, 0.5) is 0 Å². The van der Waals surface area contributed by atoms with E-state index in [2.05, 4.69) is 5.32 Å². The number of rotatable bonds is 6. The largest absolute Gasteiger partial charge is 0.446 e. The fourth-order valence-corrected chi connectivity index (χ4v) is 4.30. The summed E-state index contributed by atoms with van der Waals surface area (Å²) >= 11 is 0. The van der Waals surface area contributed by atoms with E-state index in [4.69, 9.17) is 4.74 Å². The monoisotopic (exact) mass is 398 g/mol. The Morgan fingerprint density at radius 3 is 2.14 bits per heavy atom. The molecule has 1 aromatic rings. The van der Waals surface area contributed by atoms with Gasteiger partial charge in [0, 0.05) is 11.6 Å². The number of ether oxygens (including phenoxy) is 1. The summed E-state index contributed by atoms with van der Waals surface area (Å²) in [6, 6.07) is 7.85. The Balaban J connectivity index is 1.50. The normalized spacial score (nSPS) is 25.9. The molecule has 7 heteroatoms. The summed E-state index contributed by atoms with van der Waals surface area (Å²) in [7, 11) is 0. The van der Waals surface area contributed by atoms with Crippen molar-refractivity contribution in [2.75, 3.05) is 0 Å². The average molecular weight is 398 g/mol. The molecule has 0 spiro atoms. The van der Waals surface area contributed by atoms with Gasteiger partial charge in [0.2, 0.25) is 17.9 Å². The lowest BCUT2D eigenvalue weighted by atomic mass is 9.81. The van der Waals surface area contributed by atoms with Crippen molar-refractivity contribution in [3.8, 4) is 0 Å². The first-order chi connectivity index (χ1) is 14.0. The molecule has 1 heterocycles. The smallest absolute Gasteiger partial charge is 0.330 e. The van der Waals surface area contributed by atoms with Crippen LogP contribution in [-0.4, -0.2) is 40.7 Å². The van der Waals surface area contributed by atoms with Crippen molar-refractivity contribution >= 4 is 23.7 Å². The van der Waals surface area contributed by atoms with E-state index >= 15 is 0 Å². The van der Waals surface area contributed by atoms with Gasteiger partial charge in [-0.15, -0.1) is 0 Å². The van der Waals surface area contributed by atoms with Crippen LogP contribution < -0.4 is 5.32 Å². The van der Waals surface area contributed by atoms with Crippen LogP contribution in [0.15, 0.2) is 30.3 Å². The fraction of sp³-hybridized carbons (Fsp3) is 0.545. The van der Waals surface area contributed by atoms with Crippen molar-refractivity contribution < 1.29 is 23.9 Å². The van der Waals surface area contributed by atoms with Crippen LogP contribution in [-0.2, 0) is 23.9 Å². The summed E-state index contributed by atoms with van der Waals surface area (Å²) in [4.78, 5) is 52.1. The van der Waals surface area contributed by atoms with Gasteiger partial charge in [-0.25, -0.2) is 4.79 Å². The van der Waals surface area contributed by atoms with Crippen LogP contribution >= 0.6 is 0 Å². The first-order valence-electron chi connectivity index (χ1n) is 10.4. The van der Waals surface area contributed by atoms with Gasteiger partial charge in [0.05, 0.1) is 11.8 Å². The second-order valence-electron chi connectivity index (χ2n) is 8.23. The van der Waals surface area contributed by atoms with Crippen molar-refractivity contribution in [3.63, 3.8) is 0 Å². The van der Waals surface area contributed by atoms with Gasteiger partial charge in [-0.3, -0.25) is 19.3 Å². The number of nitrogens with one attached hydrogen (secondary N) is 1. The molecule has 3 fully saturated rings. The molecular formula is C22H26N2O5. The fourth-order valence-electron chi connectivity index (χ4n) is 4.30. The molecule has 3 aliphatic rings. The van der Waals surface area contributed by atoms with Gasteiger partial charge >= 0.3 is 5.97 Å². The maximum Gasteiger partial charge on any atom is 0.330 e. The number of hydrogen-bond donors (Lipinski definition) is 1. The number of esters is 1. The number of carbonyl (C=O) groups is 4. The van der Waals surface area contributed by atoms with E-state index < -0.39 is 18.1 Å². The predicted octanol–water partition coefficient (Wildman–Crippen LogP) is 2.11. The van der Waals surface area contributed by atoms with Gasteiger partial charge in [0.1, 0.15) is 6.04 Å². The third-order valence-corrected chi connectivity index (χ3v) is 6.10. The zero-order chi connectivity index (χ0) is 20.5. The standard InChI is InChI=1S/C22H26N2O5/c1-13(24-20(26)16-9-5-6-10-17(16)21(24)27)22(28)29-18(14-7-3-2-4-8-14)19(25)23-15-11-12-15/h2-4,7-8,13,15-18H,5-6,9-12H2,1H3,(H,23,25)/t13-,16-,17+,18-/m0/s1. The summed E-state index contributed by atoms with van der Waals surface area (Å²) in [5.74, 6) is -2.35. The van der Waals surface area contributed by atoms with Crippen molar-refractivity contribution in [2.45, 2.75) is 63.6 Å². The second-order valence-corrected chi connectivity index (χ2v) is 8.23. The molecule has 7 nitrogen and oxygen atoms in total. The summed E-state index contributed by atoms with van der Waals surface area (Å²) in [5.41, 5.74) is 0.555. The average Bonchev–Trinajstić information content (AvgIpc) is 3.51. The molecular weight excluding hydrogens is 372 g/mol. The third kappa shape index (κ3) is 3.91. The zero-order valence-electron chi connectivity index (χ0n) is 16.5. The summed E-state index contributed by atoms with van der Waals surface area (Å²) in [6.07, 6.45) is 3.93. The van der Waals surface area contributed by atoms with Gasteiger partial charge in [-0.05, 0) is 32.6 Å². The summed E-state index contributed by atoms with van der Waals surface area (Å²) < 4.78 is 5.55. The maximum absolute atomic E-state index is 12.9. The SMILES string of the molecule is C[C@@H](C(=O)O[C@H](C(=O)NC1CC1)c1ccccc1)N1C(=O)[C@H]2CCCC[C@H]2C1=O. The van der Waals surface area contributed by atoms with E-state index in [1.165, 1.54) is 6.92 Å². The molecule has 154 valence electrons. The van der Waals surface area contributed by atoms with Crippen LogP contribution in [0.1, 0.15) is 57.1 Å². The van der Waals surface area contributed by atoms with Gasteiger partial charge in [0.15, 0.2) is 0 Å². The van der Waals surface area contributed by atoms with E-state index in [-0.39, 0.29) is 35.6 Å². The van der Waals surface area contributed by atoms with E-state index in [0.29, 0.717) is 18.4 Å². The van der Waals surface area contributed by atoms with Crippen LogP contribution in [0.3, 0.4) is 0 Å². The predicted molar refractivity (Wildman–Crippen MR) is 103 cm³/mol. The molecule has 0 aromatic heterocycles. The van der Waals surface area contributed by atoms with Crippen molar-refractivity contribution in [1.82, 2.24) is 10.2 Å². The Kier molecular flexibility index (Phi) is 5.39. The molecule has 0 radical (unpaired) electrons. The number of carbonyl (C=O) groups excluding carboxylic acids is 4. The second kappa shape index (κ2) is 7.97. The van der Waals surface area contributed by atoms with E-state index in [1.807, 2.05) is 6.07 Å². The first kappa shape index (κ1) is 19.6. The Morgan fingerprint density at radius 1 is 1.00 bits per heavy atom. The highest BCUT2D eigenvalue weighted by Crippen LogP contribution is 2.39. The van der Waals surface area contributed by atoms with Crippen LogP contribution in [0.5, 0.6) is 0 Å². The molecule has 29 heavy (non-hydrogen) atoms. The molecule has 1 aromatic carbocycles. The number of hydrogen-bond acceptors (Lipinski definition) is 5. The van der Waals surface area contributed by atoms with Crippen LogP contribution in [0, 0.1) is 11.8 Å². The zero-order valence-corrected chi connectivity index (χ0v) is 16.5. The lowest BCUT2D eigenvalue weighted by Gasteiger charge is -2.24. The number of amides is 3. The molecule has 1 saturated heterocycles. The van der Waals surface area contributed by atoms with Gasteiger partial charge in [-0.2, -0.15) is 0 Å². The third-order valence-electron chi connectivity index (χ3n) is 6.10. The minimum absolute atomic E-state index is 0.120. The highest BCUT2D eigenvalue weighted by atomic mass is 16.5. The molecule has 0 unspecified atom stereocenters. The lowest BCUT2D eigenvalue weighted by Crippen LogP contribution is -2.45. The Morgan fingerprint density at radius 2 is 1.59 bits per heavy atom. The Bertz CT molecular complexity index is 796. The van der Waals surface area contributed by atoms with E-state index in [9.17, 15) is 19.2 Å². The highest BCUT2D eigenvalue weighted by molar-refractivity contribution is 6.07. The quantitative estimate of drug-likeness (QED) is 0.585. The van der Waals surface area contributed by atoms with E-state index in [0.717, 1.165) is 30.6 Å². The van der Waals surface area contributed by atoms with Crippen LogP contribution in [0.2, 0.25) is 0 Å². The molecule has 1 aliphatic heterocycles. The lowest BCUT2D eigenvalue weighted by molar-refractivity contribution is -0.165. The topological polar surface area (TPSA) is 92.8 Å². The molecule has 4 atom stereocenters. The Hall–Kier alpha value is -2.70. The van der Waals surface area contributed by atoms with Gasteiger partial charge in [-0.1, -0.05) is 43.2 Å². The van der Waals surface area contributed by atoms with Crippen molar-refractivity contribution in [2.24, 2.45) is 11.8 Å². The van der Waals surface area contributed by atoms with E-state index in [1.54, 1.807) is 24.3 Å². The van der Waals surface area contributed by atoms with Gasteiger partial charge in [0.25, 0.3) is 5.91 Å². The molecule has 3 amide bonds. The van der Waals surface area contributed by atoms with Crippen LogP contribution in [0.25, 0.3) is 0 Å². The molecule has 1 N–H and O–H groups in total. The minimum atomic E-state index is -1.11. The summed E-state index contributed by atoms with van der Waals surface area (Å²) in [5, 5.41) is 2.86. The molecule has 0 bridgehead atoms. The van der Waals surface area contributed by atoms with Gasteiger partial charge < -0.3 is 10.1 Å². The molecule has 4 rings (SSSR count). The Labute approximate surface area is 169 Å². The number of fused-ring (bicyclic) bond motifs is 1. The molecule has 2 saturated carbocycles. The number of benzene rings is 1. The maximum atomic E-state index is 12.9. The van der Waals surface area contributed by atoms with Crippen molar-refractivity contribution in [1.29, 1.82) is 0 Å².